The Morgan fingerprint density at radius 2 is 1.86 bits per heavy atom. The van der Waals surface area contributed by atoms with Gasteiger partial charge in [-0.05, 0) is 24.1 Å². The molecule has 0 aliphatic carbocycles. The Labute approximate surface area is 136 Å². The molecule has 2 rings (SSSR count). The molecule has 0 unspecified atom stereocenters. The monoisotopic (exact) mass is 354 g/mol. The molecule has 22 heavy (non-hydrogen) atoms. The van der Waals surface area contributed by atoms with Crippen molar-refractivity contribution in [3.05, 3.63) is 35.4 Å². The van der Waals surface area contributed by atoms with Gasteiger partial charge in [-0.1, -0.05) is 13.0 Å². The van der Waals surface area contributed by atoms with Gasteiger partial charge in [0.2, 0.25) is 0 Å². The van der Waals surface area contributed by atoms with E-state index in [0.717, 1.165) is 18.6 Å². The molecule has 0 bridgehead atoms. The third kappa shape index (κ3) is 4.80. The Kier molecular flexibility index (Phi) is 6.46. The minimum Gasteiger partial charge on any atom is -0.377 e. The Balaban J connectivity index is 1.92. The average molecular weight is 354 g/mol. The van der Waals surface area contributed by atoms with Crippen LogP contribution in [-0.4, -0.2) is 34.7 Å². The second-order valence-electron chi connectivity index (χ2n) is 5.18. The van der Waals surface area contributed by atoms with Crippen LogP contribution in [0.25, 0.3) is 0 Å². The fourth-order valence-corrected chi connectivity index (χ4v) is 4.98. The molecule has 0 amide bonds. The lowest BCUT2D eigenvalue weighted by Gasteiger charge is -2.32. The van der Waals surface area contributed by atoms with Crippen molar-refractivity contribution < 1.29 is 22.3 Å². The molecule has 1 aliphatic rings. The quantitative estimate of drug-likeness (QED) is 0.683. The molecular formula is C15H18F4OS2. The van der Waals surface area contributed by atoms with Gasteiger partial charge in [-0.2, -0.15) is 0 Å². The molecule has 1 aromatic rings. The zero-order valence-electron chi connectivity index (χ0n) is 12.2. The van der Waals surface area contributed by atoms with E-state index in [4.69, 9.17) is 4.74 Å². The van der Waals surface area contributed by atoms with Crippen LogP contribution >= 0.6 is 23.5 Å². The van der Waals surface area contributed by atoms with E-state index in [1.807, 2.05) is 6.92 Å². The molecular weight excluding hydrogens is 336 g/mol. The zero-order chi connectivity index (χ0) is 16.2. The molecule has 1 aliphatic heterocycles. The second-order valence-corrected chi connectivity index (χ2v) is 7.75. The number of thioether (sulfide) groups is 2. The number of hydrogen-bond acceptors (Lipinski definition) is 3. The number of ether oxygens (including phenoxy) is 1. The van der Waals surface area contributed by atoms with E-state index in [1.165, 1.54) is 29.6 Å². The van der Waals surface area contributed by atoms with Crippen molar-refractivity contribution >= 4 is 23.5 Å². The average Bonchev–Trinajstić information content (AvgIpc) is 2.49. The first-order valence-electron chi connectivity index (χ1n) is 7.09. The van der Waals surface area contributed by atoms with Crippen LogP contribution in [0.2, 0.25) is 0 Å². The standard InChI is InChI=1S/C15H18F4OS2/c1-2-5-20-11-8-21-14(22-9-11)15(18,19)7-10-3-4-12(16)13(17)6-10/h3-4,6,11,14H,2,5,7-9H2,1H3. The van der Waals surface area contributed by atoms with Gasteiger partial charge in [0, 0.05) is 24.5 Å². The van der Waals surface area contributed by atoms with Gasteiger partial charge < -0.3 is 4.74 Å². The summed E-state index contributed by atoms with van der Waals surface area (Å²) >= 11 is 2.35. The van der Waals surface area contributed by atoms with Crippen LogP contribution in [-0.2, 0) is 11.2 Å². The largest absolute Gasteiger partial charge is 0.377 e. The summed E-state index contributed by atoms with van der Waals surface area (Å²) in [5.74, 6) is -4.03. The Morgan fingerprint density at radius 3 is 2.45 bits per heavy atom. The molecule has 1 aromatic carbocycles. The maximum absolute atomic E-state index is 14.3. The second kappa shape index (κ2) is 7.93. The summed E-state index contributed by atoms with van der Waals surface area (Å²) in [6.45, 7) is 2.64. The highest BCUT2D eigenvalue weighted by molar-refractivity contribution is 8.17. The fraction of sp³-hybridized carbons (Fsp3) is 0.600. The topological polar surface area (TPSA) is 9.23 Å². The molecule has 1 fully saturated rings. The Morgan fingerprint density at radius 1 is 1.18 bits per heavy atom. The lowest BCUT2D eigenvalue weighted by Crippen LogP contribution is -2.37. The Hall–Kier alpha value is -0.400. The molecule has 0 N–H and O–H groups in total. The third-order valence-electron chi connectivity index (χ3n) is 3.19. The summed E-state index contributed by atoms with van der Waals surface area (Å²) in [5.41, 5.74) is 0.106. The molecule has 0 radical (unpaired) electrons. The Bertz CT molecular complexity index is 490. The predicted molar refractivity (Wildman–Crippen MR) is 83.7 cm³/mol. The normalized spacial score (nSPS) is 22.8. The van der Waals surface area contributed by atoms with Crippen molar-refractivity contribution in [3.8, 4) is 0 Å². The maximum atomic E-state index is 14.3. The molecule has 124 valence electrons. The third-order valence-corrected chi connectivity index (χ3v) is 6.43. The van der Waals surface area contributed by atoms with Crippen LogP contribution in [0.5, 0.6) is 0 Å². The summed E-state index contributed by atoms with van der Waals surface area (Å²) in [7, 11) is 0. The summed E-state index contributed by atoms with van der Waals surface area (Å²) in [6.07, 6.45) is 0.321. The maximum Gasteiger partial charge on any atom is 0.272 e. The minimum atomic E-state index is -2.98. The van der Waals surface area contributed by atoms with Crippen molar-refractivity contribution in [1.82, 2.24) is 0 Å². The first-order valence-corrected chi connectivity index (χ1v) is 9.18. The van der Waals surface area contributed by atoms with Gasteiger partial charge >= 0.3 is 0 Å². The number of benzene rings is 1. The van der Waals surface area contributed by atoms with Crippen LogP contribution < -0.4 is 0 Å². The lowest BCUT2D eigenvalue weighted by molar-refractivity contribution is 0.0183. The molecule has 7 heteroatoms. The molecule has 0 spiro atoms. The van der Waals surface area contributed by atoms with Crippen molar-refractivity contribution in [2.45, 2.75) is 36.4 Å². The van der Waals surface area contributed by atoms with Gasteiger partial charge in [-0.3, -0.25) is 0 Å². The van der Waals surface area contributed by atoms with Gasteiger partial charge in [0.05, 0.1) is 6.10 Å². The van der Waals surface area contributed by atoms with E-state index in [9.17, 15) is 17.6 Å². The SMILES string of the molecule is CCCOC1CSC(C(F)(F)Cc2ccc(F)c(F)c2)SC1. The fourth-order valence-electron chi connectivity index (χ4n) is 2.12. The minimum absolute atomic E-state index is 0.00488. The van der Waals surface area contributed by atoms with E-state index in [1.54, 1.807) is 0 Å². The van der Waals surface area contributed by atoms with Crippen LogP contribution in [0.1, 0.15) is 18.9 Å². The molecule has 0 atom stereocenters. The van der Waals surface area contributed by atoms with E-state index >= 15 is 0 Å². The van der Waals surface area contributed by atoms with Crippen molar-refractivity contribution in [3.63, 3.8) is 0 Å². The van der Waals surface area contributed by atoms with Crippen LogP contribution in [0.4, 0.5) is 17.6 Å². The first kappa shape index (κ1) is 17.9. The van der Waals surface area contributed by atoms with Crippen molar-refractivity contribution in [1.29, 1.82) is 0 Å². The zero-order valence-corrected chi connectivity index (χ0v) is 13.8. The van der Waals surface area contributed by atoms with Crippen LogP contribution in [0, 0.1) is 11.6 Å². The summed E-state index contributed by atoms with van der Waals surface area (Å²) < 4.78 is 59.3. The van der Waals surface area contributed by atoms with Gasteiger partial charge in [-0.25, -0.2) is 17.6 Å². The number of rotatable bonds is 6. The van der Waals surface area contributed by atoms with Gasteiger partial charge in [0.15, 0.2) is 11.6 Å². The highest BCUT2D eigenvalue weighted by Gasteiger charge is 2.43. The smallest absolute Gasteiger partial charge is 0.272 e. The highest BCUT2D eigenvalue weighted by atomic mass is 32.2. The lowest BCUT2D eigenvalue weighted by atomic mass is 10.1. The van der Waals surface area contributed by atoms with E-state index < -0.39 is 28.6 Å². The molecule has 0 aromatic heterocycles. The summed E-state index contributed by atoms with van der Waals surface area (Å²) in [6, 6.07) is 2.93. The molecule has 1 saturated heterocycles. The van der Waals surface area contributed by atoms with E-state index in [0.29, 0.717) is 18.1 Å². The predicted octanol–water partition coefficient (Wildman–Crippen LogP) is 4.74. The van der Waals surface area contributed by atoms with Crippen molar-refractivity contribution in [2.75, 3.05) is 18.1 Å². The number of hydrogen-bond donors (Lipinski definition) is 0. The first-order chi connectivity index (χ1) is 10.4. The van der Waals surface area contributed by atoms with Crippen LogP contribution in [0.15, 0.2) is 18.2 Å². The highest BCUT2D eigenvalue weighted by Crippen LogP contribution is 2.43. The summed E-state index contributed by atoms with van der Waals surface area (Å²) in [5, 5.41) is 0. The van der Waals surface area contributed by atoms with Crippen LogP contribution in [0.3, 0.4) is 0 Å². The van der Waals surface area contributed by atoms with Gasteiger partial charge in [-0.15, -0.1) is 23.5 Å². The number of alkyl halides is 2. The molecule has 1 nitrogen and oxygen atoms in total. The van der Waals surface area contributed by atoms with Crippen molar-refractivity contribution in [2.24, 2.45) is 0 Å². The molecule has 1 heterocycles. The number of halogens is 4. The summed E-state index contributed by atoms with van der Waals surface area (Å²) in [4.78, 5) is 0. The van der Waals surface area contributed by atoms with E-state index in [-0.39, 0.29) is 11.7 Å². The molecule has 0 saturated carbocycles. The van der Waals surface area contributed by atoms with E-state index in [2.05, 4.69) is 0 Å². The van der Waals surface area contributed by atoms with Gasteiger partial charge in [0.25, 0.3) is 5.92 Å². The van der Waals surface area contributed by atoms with Gasteiger partial charge in [0.1, 0.15) is 4.58 Å².